The average Bonchev–Trinajstić information content (AvgIpc) is 2.57. The van der Waals surface area contributed by atoms with E-state index in [4.69, 9.17) is 5.73 Å². The van der Waals surface area contributed by atoms with E-state index in [0.717, 1.165) is 0 Å². The van der Waals surface area contributed by atoms with Gasteiger partial charge in [0.05, 0.1) is 5.69 Å². The lowest BCUT2D eigenvalue weighted by atomic mass is 10.2. The molecule has 5 nitrogen and oxygen atoms in total. The maximum absolute atomic E-state index is 13.2. The Labute approximate surface area is 79.3 Å². The molecule has 0 bridgehead atoms. The fraction of sp³-hybridized carbons (Fsp3) is 0.125. The fourth-order valence-corrected chi connectivity index (χ4v) is 1.04. The van der Waals surface area contributed by atoms with Gasteiger partial charge in [-0.1, -0.05) is 11.2 Å². The van der Waals surface area contributed by atoms with Crippen LogP contribution in [0.4, 0.5) is 10.3 Å². The summed E-state index contributed by atoms with van der Waals surface area (Å²) in [6, 6.07) is 4.67. The number of nitrogens with two attached hydrogens (primary N) is 1. The van der Waals surface area contributed by atoms with Crippen molar-refractivity contribution < 1.29 is 4.39 Å². The Morgan fingerprint density at radius 3 is 2.79 bits per heavy atom. The van der Waals surface area contributed by atoms with E-state index in [0.29, 0.717) is 11.3 Å². The van der Waals surface area contributed by atoms with Gasteiger partial charge in [-0.05, 0) is 23.8 Å². The summed E-state index contributed by atoms with van der Waals surface area (Å²) in [5.74, 6) is -0.246. The molecule has 14 heavy (non-hydrogen) atoms. The maximum atomic E-state index is 13.2. The highest BCUT2D eigenvalue weighted by Crippen LogP contribution is 2.11. The Morgan fingerprint density at radius 1 is 1.43 bits per heavy atom. The van der Waals surface area contributed by atoms with Crippen molar-refractivity contribution in [1.29, 1.82) is 0 Å². The number of nitrogen functional groups attached to an aromatic ring is 1. The third-order valence-corrected chi connectivity index (χ3v) is 1.82. The summed E-state index contributed by atoms with van der Waals surface area (Å²) in [5.41, 5.74) is 6.35. The van der Waals surface area contributed by atoms with Crippen LogP contribution in [0.15, 0.2) is 18.2 Å². The number of anilines is 1. The zero-order chi connectivity index (χ0) is 10.1. The number of aromatic nitrogens is 4. The molecule has 2 rings (SSSR count). The van der Waals surface area contributed by atoms with Crippen molar-refractivity contribution in [1.82, 2.24) is 20.2 Å². The SMILES string of the molecule is Cc1ccc(-n2nnc(N)n2)cc1F. The third kappa shape index (κ3) is 1.41. The van der Waals surface area contributed by atoms with Gasteiger partial charge in [0, 0.05) is 6.07 Å². The first-order valence-electron chi connectivity index (χ1n) is 3.99. The molecule has 0 radical (unpaired) electrons. The van der Waals surface area contributed by atoms with Crippen molar-refractivity contribution in [2.24, 2.45) is 0 Å². The normalized spacial score (nSPS) is 10.4. The molecule has 0 aliphatic rings. The molecule has 1 aromatic heterocycles. The highest BCUT2D eigenvalue weighted by Gasteiger charge is 2.04. The van der Waals surface area contributed by atoms with Crippen molar-refractivity contribution in [3.8, 4) is 5.69 Å². The minimum Gasteiger partial charge on any atom is -0.365 e. The fourth-order valence-electron chi connectivity index (χ4n) is 1.04. The molecule has 0 atom stereocenters. The Hall–Kier alpha value is -1.98. The highest BCUT2D eigenvalue weighted by atomic mass is 19.1. The Bertz CT molecular complexity index is 465. The number of rotatable bonds is 1. The molecule has 0 saturated heterocycles. The van der Waals surface area contributed by atoms with Crippen LogP contribution in [0.2, 0.25) is 0 Å². The summed E-state index contributed by atoms with van der Waals surface area (Å²) >= 11 is 0. The van der Waals surface area contributed by atoms with Crippen LogP contribution < -0.4 is 5.73 Å². The standard InChI is InChI=1S/C8H8FN5/c1-5-2-3-6(4-7(5)9)14-12-8(10)11-13-14/h2-4H,1H3,(H2,10,12). The van der Waals surface area contributed by atoms with Crippen LogP contribution in [0.3, 0.4) is 0 Å². The molecule has 6 heteroatoms. The first-order valence-corrected chi connectivity index (χ1v) is 3.99. The van der Waals surface area contributed by atoms with Gasteiger partial charge in [0.25, 0.3) is 5.95 Å². The summed E-state index contributed by atoms with van der Waals surface area (Å²) in [5, 5.41) is 10.9. The van der Waals surface area contributed by atoms with E-state index in [9.17, 15) is 4.39 Å². The first kappa shape index (κ1) is 8.61. The van der Waals surface area contributed by atoms with Crippen molar-refractivity contribution in [2.45, 2.75) is 6.92 Å². The molecule has 0 spiro atoms. The van der Waals surface area contributed by atoms with Crippen LogP contribution in [-0.4, -0.2) is 20.2 Å². The molecule has 0 fully saturated rings. The van der Waals surface area contributed by atoms with Crippen LogP contribution in [0.1, 0.15) is 5.56 Å². The average molecular weight is 193 g/mol. The topological polar surface area (TPSA) is 69.6 Å². The summed E-state index contributed by atoms with van der Waals surface area (Å²) in [7, 11) is 0. The van der Waals surface area contributed by atoms with E-state index in [1.54, 1.807) is 19.1 Å². The zero-order valence-corrected chi connectivity index (χ0v) is 7.48. The molecule has 0 unspecified atom stereocenters. The van der Waals surface area contributed by atoms with Gasteiger partial charge >= 0.3 is 0 Å². The zero-order valence-electron chi connectivity index (χ0n) is 7.48. The number of halogens is 1. The molecule has 0 amide bonds. The van der Waals surface area contributed by atoms with Gasteiger partial charge in [-0.2, -0.15) is 0 Å². The summed E-state index contributed by atoms with van der Waals surface area (Å²) < 4.78 is 13.2. The highest BCUT2D eigenvalue weighted by molar-refractivity contribution is 5.33. The molecule has 0 aliphatic carbocycles. The number of nitrogens with zero attached hydrogens (tertiary/aromatic N) is 4. The molecule has 2 aromatic rings. The second kappa shape index (κ2) is 3.06. The van der Waals surface area contributed by atoms with Crippen LogP contribution >= 0.6 is 0 Å². The van der Waals surface area contributed by atoms with Gasteiger partial charge in [0.1, 0.15) is 5.82 Å². The monoisotopic (exact) mass is 193 g/mol. The van der Waals surface area contributed by atoms with E-state index in [2.05, 4.69) is 15.4 Å². The molecule has 1 heterocycles. The van der Waals surface area contributed by atoms with Gasteiger partial charge in [0.15, 0.2) is 0 Å². The van der Waals surface area contributed by atoms with Gasteiger partial charge in [-0.25, -0.2) is 4.39 Å². The quantitative estimate of drug-likeness (QED) is 0.723. The summed E-state index contributed by atoms with van der Waals surface area (Å²) in [6.45, 7) is 1.68. The molecular weight excluding hydrogens is 185 g/mol. The van der Waals surface area contributed by atoms with E-state index in [1.807, 2.05) is 0 Å². The largest absolute Gasteiger partial charge is 0.365 e. The van der Waals surface area contributed by atoms with Gasteiger partial charge in [-0.3, -0.25) is 0 Å². The lowest BCUT2D eigenvalue weighted by Gasteiger charge is -1.99. The third-order valence-electron chi connectivity index (χ3n) is 1.82. The molecule has 1 aromatic carbocycles. The molecule has 2 N–H and O–H groups in total. The Balaban J connectivity index is 2.47. The summed E-state index contributed by atoms with van der Waals surface area (Å²) in [4.78, 5) is 1.18. The minimum atomic E-state index is -0.307. The van der Waals surface area contributed by atoms with Crippen molar-refractivity contribution >= 4 is 5.95 Å². The van der Waals surface area contributed by atoms with Gasteiger partial charge < -0.3 is 5.73 Å². The van der Waals surface area contributed by atoms with Gasteiger partial charge in [0.2, 0.25) is 0 Å². The molecule has 0 aliphatic heterocycles. The Morgan fingerprint density at radius 2 is 2.21 bits per heavy atom. The van der Waals surface area contributed by atoms with Crippen LogP contribution in [-0.2, 0) is 0 Å². The van der Waals surface area contributed by atoms with Crippen LogP contribution in [0.25, 0.3) is 5.69 Å². The number of hydrogen-bond acceptors (Lipinski definition) is 4. The lowest BCUT2D eigenvalue weighted by Crippen LogP contribution is -2.00. The van der Waals surface area contributed by atoms with Crippen LogP contribution in [0, 0.1) is 12.7 Å². The molecule has 0 saturated carbocycles. The number of hydrogen-bond donors (Lipinski definition) is 1. The predicted octanol–water partition coefficient (Wildman–Crippen LogP) is 0.692. The lowest BCUT2D eigenvalue weighted by molar-refractivity contribution is 0.612. The van der Waals surface area contributed by atoms with E-state index in [-0.39, 0.29) is 11.8 Å². The second-order valence-corrected chi connectivity index (χ2v) is 2.87. The second-order valence-electron chi connectivity index (χ2n) is 2.87. The predicted molar refractivity (Wildman–Crippen MR) is 48.3 cm³/mol. The minimum absolute atomic E-state index is 0.0611. The van der Waals surface area contributed by atoms with Crippen molar-refractivity contribution in [3.05, 3.63) is 29.6 Å². The van der Waals surface area contributed by atoms with E-state index < -0.39 is 0 Å². The number of benzene rings is 1. The number of aryl methyl sites for hydroxylation is 1. The van der Waals surface area contributed by atoms with Crippen molar-refractivity contribution in [3.63, 3.8) is 0 Å². The number of tetrazole rings is 1. The van der Waals surface area contributed by atoms with E-state index >= 15 is 0 Å². The smallest absolute Gasteiger partial charge is 0.261 e. The van der Waals surface area contributed by atoms with E-state index in [1.165, 1.54) is 10.9 Å². The van der Waals surface area contributed by atoms with Gasteiger partial charge in [-0.15, -0.1) is 9.90 Å². The first-order chi connectivity index (χ1) is 6.66. The Kier molecular flexibility index (Phi) is 1.88. The van der Waals surface area contributed by atoms with Crippen molar-refractivity contribution in [2.75, 3.05) is 5.73 Å². The maximum Gasteiger partial charge on any atom is 0.261 e. The van der Waals surface area contributed by atoms with Crippen LogP contribution in [0.5, 0.6) is 0 Å². The summed E-state index contributed by atoms with van der Waals surface area (Å²) in [6.07, 6.45) is 0. The molecule has 72 valence electrons. The molecular formula is C8H8FN5.